The van der Waals surface area contributed by atoms with E-state index in [4.69, 9.17) is 4.74 Å². The second-order valence-electron chi connectivity index (χ2n) is 3.94. The summed E-state index contributed by atoms with van der Waals surface area (Å²) in [5.41, 5.74) is 1.65. The van der Waals surface area contributed by atoms with Gasteiger partial charge in [0.2, 0.25) is 0 Å². The summed E-state index contributed by atoms with van der Waals surface area (Å²) in [4.78, 5) is 21.6. The fourth-order valence-corrected chi connectivity index (χ4v) is 1.71. The van der Waals surface area contributed by atoms with E-state index in [-0.39, 0.29) is 6.01 Å². The van der Waals surface area contributed by atoms with E-state index in [9.17, 15) is 4.79 Å². The van der Waals surface area contributed by atoms with Gasteiger partial charge in [0, 0.05) is 5.56 Å². The van der Waals surface area contributed by atoms with Gasteiger partial charge >= 0.3 is 11.7 Å². The van der Waals surface area contributed by atoms with Crippen molar-refractivity contribution >= 4 is 0 Å². The van der Waals surface area contributed by atoms with Crippen molar-refractivity contribution in [3.8, 4) is 17.4 Å². The molecule has 0 amide bonds. The maximum absolute atomic E-state index is 11.3. The Balaban J connectivity index is 2.36. The van der Waals surface area contributed by atoms with Crippen LogP contribution in [0.5, 0.6) is 6.01 Å². The van der Waals surface area contributed by atoms with E-state index >= 15 is 0 Å². The average Bonchev–Trinajstić information content (AvgIpc) is 2.39. The second-order valence-corrected chi connectivity index (χ2v) is 3.94. The number of rotatable bonds is 4. The number of ether oxygens (including phenoxy) is 1. The lowest BCUT2D eigenvalue weighted by Gasteiger charge is -2.04. The lowest BCUT2D eigenvalue weighted by atomic mass is 10.1. The van der Waals surface area contributed by atoms with E-state index in [1.165, 1.54) is 12.7 Å². The third-order valence-corrected chi connectivity index (χ3v) is 2.58. The highest BCUT2D eigenvalue weighted by Gasteiger charge is 2.05. The van der Waals surface area contributed by atoms with Crippen LogP contribution in [0, 0.1) is 0 Å². The number of benzene rings is 1. The summed E-state index contributed by atoms with van der Waals surface area (Å²) in [6.45, 7) is 2.14. The van der Waals surface area contributed by atoms with Crippen LogP contribution in [0.4, 0.5) is 0 Å². The van der Waals surface area contributed by atoms with Crippen LogP contribution in [0.2, 0.25) is 0 Å². The summed E-state index contributed by atoms with van der Waals surface area (Å²) in [5, 5.41) is 0. The quantitative estimate of drug-likeness (QED) is 0.891. The van der Waals surface area contributed by atoms with Gasteiger partial charge < -0.3 is 4.74 Å². The molecule has 0 atom stereocenters. The van der Waals surface area contributed by atoms with Gasteiger partial charge in [0.25, 0.3) is 0 Å². The summed E-state index contributed by atoms with van der Waals surface area (Å²) in [7, 11) is 1.43. The van der Waals surface area contributed by atoms with Crippen molar-refractivity contribution in [2.24, 2.45) is 0 Å². The van der Waals surface area contributed by atoms with Crippen molar-refractivity contribution in [1.29, 1.82) is 0 Å². The minimum atomic E-state index is -0.463. The van der Waals surface area contributed by atoms with Crippen molar-refractivity contribution in [1.82, 2.24) is 15.0 Å². The molecule has 1 N–H and O–H groups in total. The standard InChI is InChI=1S/C13H15N3O2/c1-3-4-9-5-7-10(8-6-9)11-14-12(17)16-13(15-11)18-2/h5-8H,3-4H2,1-2H3,(H,14,15,16,17). The van der Waals surface area contributed by atoms with Crippen molar-refractivity contribution < 1.29 is 4.74 Å². The first-order valence-corrected chi connectivity index (χ1v) is 5.84. The molecule has 2 rings (SSSR count). The smallest absolute Gasteiger partial charge is 0.351 e. The van der Waals surface area contributed by atoms with E-state index in [0.29, 0.717) is 5.82 Å². The molecule has 5 heteroatoms. The summed E-state index contributed by atoms with van der Waals surface area (Å²) in [6, 6.07) is 8.01. The summed E-state index contributed by atoms with van der Waals surface area (Å²) in [5.74, 6) is 0.467. The first kappa shape index (κ1) is 12.3. The molecule has 1 heterocycles. The largest absolute Gasteiger partial charge is 0.467 e. The average molecular weight is 245 g/mol. The van der Waals surface area contributed by atoms with Crippen molar-refractivity contribution in [3.63, 3.8) is 0 Å². The number of nitrogens with zero attached hydrogens (tertiary/aromatic N) is 2. The van der Waals surface area contributed by atoms with Crippen molar-refractivity contribution in [2.75, 3.05) is 7.11 Å². The van der Waals surface area contributed by atoms with Crippen LogP contribution in [0.25, 0.3) is 11.4 Å². The number of aromatic amines is 1. The molecule has 0 spiro atoms. The van der Waals surface area contributed by atoms with Crippen molar-refractivity contribution in [2.45, 2.75) is 19.8 Å². The van der Waals surface area contributed by atoms with Crippen LogP contribution in [0.15, 0.2) is 29.1 Å². The Bertz CT molecular complexity index is 576. The molecule has 2 aromatic rings. The topological polar surface area (TPSA) is 67.9 Å². The predicted molar refractivity (Wildman–Crippen MR) is 68.6 cm³/mol. The number of hydrogen-bond acceptors (Lipinski definition) is 4. The van der Waals surface area contributed by atoms with E-state index in [1.807, 2.05) is 24.3 Å². The minimum Gasteiger partial charge on any atom is -0.467 e. The molecule has 0 radical (unpaired) electrons. The van der Waals surface area contributed by atoms with Crippen LogP contribution in [0.1, 0.15) is 18.9 Å². The number of aryl methyl sites for hydroxylation is 1. The first-order chi connectivity index (χ1) is 8.72. The molecule has 0 aliphatic rings. The third kappa shape index (κ3) is 2.74. The predicted octanol–water partition coefficient (Wildman–Crippen LogP) is 1.79. The molecule has 18 heavy (non-hydrogen) atoms. The molecule has 0 aliphatic carbocycles. The molecule has 0 saturated heterocycles. The molecular formula is C13H15N3O2. The molecule has 0 aliphatic heterocycles. The summed E-state index contributed by atoms with van der Waals surface area (Å²) >= 11 is 0. The monoisotopic (exact) mass is 245 g/mol. The van der Waals surface area contributed by atoms with Gasteiger partial charge in [0.15, 0.2) is 0 Å². The zero-order chi connectivity index (χ0) is 13.0. The summed E-state index contributed by atoms with van der Waals surface area (Å²) in [6.07, 6.45) is 2.15. The van der Waals surface area contributed by atoms with Crippen LogP contribution < -0.4 is 10.4 Å². The highest BCUT2D eigenvalue weighted by Crippen LogP contribution is 2.16. The summed E-state index contributed by atoms with van der Waals surface area (Å²) < 4.78 is 4.88. The molecule has 5 nitrogen and oxygen atoms in total. The number of hydrogen-bond donors (Lipinski definition) is 1. The van der Waals surface area contributed by atoms with Crippen LogP contribution >= 0.6 is 0 Å². The molecular weight excluding hydrogens is 230 g/mol. The molecule has 0 fully saturated rings. The van der Waals surface area contributed by atoms with Gasteiger partial charge in [0.1, 0.15) is 5.82 Å². The number of methoxy groups -OCH3 is 1. The number of nitrogens with one attached hydrogen (secondary N) is 1. The van der Waals surface area contributed by atoms with Gasteiger partial charge in [-0.1, -0.05) is 37.6 Å². The minimum absolute atomic E-state index is 0.0754. The van der Waals surface area contributed by atoms with Crippen molar-refractivity contribution in [3.05, 3.63) is 40.3 Å². The van der Waals surface area contributed by atoms with Crippen LogP contribution in [-0.4, -0.2) is 22.1 Å². The Morgan fingerprint density at radius 3 is 2.56 bits per heavy atom. The molecule has 94 valence electrons. The van der Waals surface area contributed by atoms with Gasteiger partial charge in [-0.25, -0.2) is 4.79 Å². The lowest BCUT2D eigenvalue weighted by molar-refractivity contribution is 0.377. The highest BCUT2D eigenvalue weighted by molar-refractivity contribution is 5.55. The molecule has 1 aromatic heterocycles. The van der Waals surface area contributed by atoms with E-state index in [2.05, 4.69) is 21.9 Å². The van der Waals surface area contributed by atoms with E-state index in [0.717, 1.165) is 18.4 Å². The normalized spacial score (nSPS) is 10.3. The van der Waals surface area contributed by atoms with Crippen LogP contribution in [-0.2, 0) is 6.42 Å². The SMILES string of the molecule is CCCc1ccc(-c2nc(OC)nc(=O)[nH]2)cc1. The molecule has 1 aromatic carbocycles. The Labute approximate surface area is 105 Å². The van der Waals surface area contributed by atoms with Gasteiger partial charge in [-0.3, -0.25) is 4.98 Å². The Kier molecular flexibility index (Phi) is 3.72. The van der Waals surface area contributed by atoms with Gasteiger partial charge in [0.05, 0.1) is 7.11 Å². The van der Waals surface area contributed by atoms with Gasteiger partial charge in [-0.2, -0.15) is 4.98 Å². The molecule has 0 unspecified atom stereocenters. The lowest BCUT2D eigenvalue weighted by Crippen LogP contribution is -2.14. The van der Waals surface area contributed by atoms with E-state index < -0.39 is 5.69 Å². The Morgan fingerprint density at radius 2 is 1.94 bits per heavy atom. The Hall–Kier alpha value is -2.17. The number of aromatic nitrogens is 3. The second kappa shape index (κ2) is 5.44. The van der Waals surface area contributed by atoms with Gasteiger partial charge in [-0.15, -0.1) is 4.98 Å². The van der Waals surface area contributed by atoms with Crippen LogP contribution in [0.3, 0.4) is 0 Å². The first-order valence-electron chi connectivity index (χ1n) is 5.84. The Morgan fingerprint density at radius 1 is 1.22 bits per heavy atom. The molecule has 0 bridgehead atoms. The fourth-order valence-electron chi connectivity index (χ4n) is 1.71. The maximum atomic E-state index is 11.3. The fraction of sp³-hybridized carbons (Fsp3) is 0.308. The number of H-pyrrole nitrogens is 1. The van der Waals surface area contributed by atoms with Gasteiger partial charge in [-0.05, 0) is 12.0 Å². The molecule has 0 saturated carbocycles. The highest BCUT2D eigenvalue weighted by atomic mass is 16.5. The zero-order valence-corrected chi connectivity index (χ0v) is 10.4. The third-order valence-electron chi connectivity index (χ3n) is 2.58. The van der Waals surface area contributed by atoms with E-state index in [1.54, 1.807) is 0 Å². The zero-order valence-electron chi connectivity index (χ0n) is 10.4. The maximum Gasteiger partial charge on any atom is 0.351 e.